The number of halogens is 1. The molecular weight excluding hydrogens is 527 g/mol. The number of carbonyl (C=O) groups excluding carboxylic acids is 2. The van der Waals surface area contributed by atoms with Crippen LogP contribution in [0.3, 0.4) is 0 Å². The number of benzene rings is 2. The molecule has 0 radical (unpaired) electrons. The molecule has 1 atom stereocenters. The number of amides is 2. The van der Waals surface area contributed by atoms with Gasteiger partial charge in [0.05, 0.1) is 39.2 Å². The highest BCUT2D eigenvalue weighted by Crippen LogP contribution is 2.37. The molecule has 2 aromatic rings. The maximum Gasteiger partial charge on any atom is 0.262 e. The third kappa shape index (κ3) is 7.83. The lowest BCUT2D eigenvalue weighted by Gasteiger charge is -2.32. The average molecular weight is 569 g/mol. The second-order valence-corrected chi connectivity index (χ2v) is 11.6. The van der Waals surface area contributed by atoms with Crippen LogP contribution in [0, 0.1) is 11.2 Å². The van der Waals surface area contributed by atoms with Gasteiger partial charge in [-0.25, -0.2) is 9.40 Å². The Morgan fingerprint density at radius 1 is 1.07 bits per heavy atom. The summed E-state index contributed by atoms with van der Waals surface area (Å²) in [6.45, 7) is 9.85. The predicted molar refractivity (Wildman–Crippen MR) is 155 cm³/mol. The van der Waals surface area contributed by atoms with Crippen molar-refractivity contribution in [2.45, 2.75) is 39.7 Å². The summed E-state index contributed by atoms with van der Waals surface area (Å²) in [5, 5.41) is 6.03. The van der Waals surface area contributed by atoms with Crippen molar-refractivity contribution in [2.75, 3.05) is 60.2 Å². The Bertz CT molecular complexity index is 1260. The van der Waals surface area contributed by atoms with Crippen LogP contribution >= 0.6 is 0 Å². The SMILES string of the molecule is COc1ccc(C2CC(c3ccccc3F)=NN2C(=O)CN(CCN2CCOCC2)C(=O)CC(C)(C)C)cc1OC. The molecule has 2 aliphatic heterocycles. The van der Waals surface area contributed by atoms with Crippen molar-refractivity contribution in [3.05, 3.63) is 59.4 Å². The van der Waals surface area contributed by atoms with Crippen molar-refractivity contribution in [3.8, 4) is 11.5 Å². The van der Waals surface area contributed by atoms with Gasteiger partial charge >= 0.3 is 0 Å². The number of hydrogen-bond acceptors (Lipinski definition) is 7. The number of nitrogens with zero attached hydrogens (tertiary/aromatic N) is 4. The van der Waals surface area contributed by atoms with Crippen LogP contribution in [0.1, 0.15) is 50.8 Å². The maximum absolute atomic E-state index is 14.8. The number of hydrazone groups is 1. The van der Waals surface area contributed by atoms with E-state index in [9.17, 15) is 14.0 Å². The van der Waals surface area contributed by atoms with Crippen LogP contribution in [-0.4, -0.2) is 92.5 Å². The Morgan fingerprint density at radius 3 is 2.44 bits per heavy atom. The number of morpholine rings is 1. The number of ether oxygens (including phenoxy) is 3. The molecule has 0 aliphatic carbocycles. The highest BCUT2D eigenvalue weighted by molar-refractivity contribution is 6.03. The number of methoxy groups -OCH3 is 2. The van der Waals surface area contributed by atoms with Gasteiger partial charge in [0.25, 0.3) is 5.91 Å². The first-order valence-corrected chi connectivity index (χ1v) is 14.0. The fraction of sp³-hybridized carbons (Fsp3) is 0.516. The largest absolute Gasteiger partial charge is 0.493 e. The van der Waals surface area contributed by atoms with E-state index in [1.54, 1.807) is 43.4 Å². The van der Waals surface area contributed by atoms with Gasteiger partial charge in [-0.15, -0.1) is 0 Å². The fourth-order valence-electron chi connectivity index (χ4n) is 5.10. The highest BCUT2D eigenvalue weighted by atomic mass is 19.1. The molecule has 0 bridgehead atoms. The zero-order valence-corrected chi connectivity index (χ0v) is 24.7. The van der Waals surface area contributed by atoms with Crippen molar-refractivity contribution in [1.82, 2.24) is 14.8 Å². The molecule has 10 heteroatoms. The second-order valence-electron chi connectivity index (χ2n) is 11.6. The van der Waals surface area contributed by atoms with Gasteiger partial charge in [0.2, 0.25) is 5.91 Å². The van der Waals surface area contributed by atoms with E-state index in [0.29, 0.717) is 61.9 Å². The topological polar surface area (TPSA) is 83.9 Å². The van der Waals surface area contributed by atoms with Crippen LogP contribution < -0.4 is 9.47 Å². The smallest absolute Gasteiger partial charge is 0.262 e. The lowest BCUT2D eigenvalue weighted by Crippen LogP contribution is -2.47. The third-order valence-corrected chi connectivity index (χ3v) is 7.29. The number of rotatable bonds is 10. The van der Waals surface area contributed by atoms with Crippen LogP contribution in [0.4, 0.5) is 4.39 Å². The zero-order chi connectivity index (χ0) is 29.6. The van der Waals surface area contributed by atoms with Crippen LogP contribution in [0.25, 0.3) is 0 Å². The third-order valence-electron chi connectivity index (χ3n) is 7.29. The molecule has 2 amide bonds. The summed E-state index contributed by atoms with van der Waals surface area (Å²) < 4.78 is 31.1. The summed E-state index contributed by atoms with van der Waals surface area (Å²) in [6, 6.07) is 11.3. The monoisotopic (exact) mass is 568 g/mol. The lowest BCUT2D eigenvalue weighted by atomic mass is 9.91. The summed E-state index contributed by atoms with van der Waals surface area (Å²) >= 11 is 0. The molecule has 9 nitrogen and oxygen atoms in total. The summed E-state index contributed by atoms with van der Waals surface area (Å²) in [5.41, 5.74) is 1.36. The van der Waals surface area contributed by atoms with Crippen LogP contribution in [0.15, 0.2) is 47.6 Å². The van der Waals surface area contributed by atoms with Gasteiger partial charge in [-0.3, -0.25) is 14.5 Å². The zero-order valence-electron chi connectivity index (χ0n) is 24.7. The predicted octanol–water partition coefficient (Wildman–Crippen LogP) is 4.12. The molecule has 4 rings (SSSR count). The summed E-state index contributed by atoms with van der Waals surface area (Å²) in [7, 11) is 3.11. The average Bonchev–Trinajstić information content (AvgIpc) is 3.40. The first kappa shape index (κ1) is 30.5. The molecule has 41 heavy (non-hydrogen) atoms. The molecule has 1 unspecified atom stereocenters. The van der Waals surface area contributed by atoms with Crippen molar-refractivity contribution in [1.29, 1.82) is 0 Å². The quantitative estimate of drug-likeness (QED) is 0.429. The lowest BCUT2D eigenvalue weighted by molar-refractivity contribution is -0.142. The Balaban J connectivity index is 1.62. The van der Waals surface area contributed by atoms with Crippen LogP contribution in [0.2, 0.25) is 0 Å². The van der Waals surface area contributed by atoms with E-state index in [1.807, 2.05) is 32.9 Å². The minimum absolute atomic E-state index is 0.0840. The minimum atomic E-state index is -0.504. The highest BCUT2D eigenvalue weighted by Gasteiger charge is 2.36. The van der Waals surface area contributed by atoms with Gasteiger partial charge in [-0.2, -0.15) is 5.10 Å². The Kier molecular flexibility index (Phi) is 9.99. The van der Waals surface area contributed by atoms with Gasteiger partial charge < -0.3 is 19.1 Å². The first-order chi connectivity index (χ1) is 19.6. The normalized spacial score (nSPS) is 17.8. The van der Waals surface area contributed by atoms with Crippen LogP contribution in [-0.2, 0) is 14.3 Å². The van der Waals surface area contributed by atoms with Gasteiger partial charge in [0, 0.05) is 44.6 Å². The van der Waals surface area contributed by atoms with Gasteiger partial charge in [-0.1, -0.05) is 45.0 Å². The fourth-order valence-corrected chi connectivity index (χ4v) is 5.10. The van der Waals surface area contributed by atoms with E-state index in [0.717, 1.165) is 18.7 Å². The van der Waals surface area contributed by atoms with Gasteiger partial charge in [-0.05, 0) is 29.2 Å². The molecular formula is C31H41FN4O5. The number of hydrogen-bond donors (Lipinski definition) is 0. The summed E-state index contributed by atoms with van der Waals surface area (Å²) in [4.78, 5) is 31.2. The van der Waals surface area contributed by atoms with E-state index in [-0.39, 0.29) is 23.8 Å². The molecule has 2 heterocycles. The van der Waals surface area contributed by atoms with Crippen LogP contribution in [0.5, 0.6) is 11.5 Å². The maximum atomic E-state index is 14.8. The van der Waals surface area contributed by atoms with E-state index in [4.69, 9.17) is 14.2 Å². The molecule has 2 aliphatic rings. The molecule has 1 saturated heterocycles. The van der Waals surface area contributed by atoms with E-state index >= 15 is 0 Å². The number of carbonyl (C=O) groups is 2. The Labute approximate surface area is 241 Å². The minimum Gasteiger partial charge on any atom is -0.493 e. The first-order valence-electron chi connectivity index (χ1n) is 14.0. The molecule has 0 spiro atoms. The van der Waals surface area contributed by atoms with E-state index in [2.05, 4.69) is 10.0 Å². The van der Waals surface area contributed by atoms with Crippen molar-refractivity contribution in [3.63, 3.8) is 0 Å². The summed E-state index contributed by atoms with van der Waals surface area (Å²) in [5.74, 6) is 0.257. The Hall–Kier alpha value is -3.50. The Morgan fingerprint density at radius 2 is 1.78 bits per heavy atom. The molecule has 1 fully saturated rings. The summed E-state index contributed by atoms with van der Waals surface area (Å²) in [6.07, 6.45) is 0.623. The van der Waals surface area contributed by atoms with E-state index in [1.165, 1.54) is 11.1 Å². The second kappa shape index (κ2) is 13.4. The molecule has 0 N–H and O–H groups in total. The molecule has 222 valence electrons. The van der Waals surface area contributed by atoms with Crippen molar-refractivity contribution < 1.29 is 28.2 Å². The van der Waals surface area contributed by atoms with Gasteiger partial charge in [0.15, 0.2) is 11.5 Å². The molecule has 2 aromatic carbocycles. The standard InChI is InChI=1S/C31H41FN4O5/c1-31(2,3)20-29(37)35(13-12-34-14-16-41-17-15-34)21-30(38)36-26(22-10-11-27(39-4)28(18-22)40-5)19-25(33-36)23-8-6-7-9-24(23)32/h6-11,18,26H,12-17,19-21H2,1-5H3. The van der Waals surface area contributed by atoms with Crippen molar-refractivity contribution in [2.24, 2.45) is 10.5 Å². The van der Waals surface area contributed by atoms with Gasteiger partial charge in [0.1, 0.15) is 12.4 Å². The molecule has 0 saturated carbocycles. The molecule has 0 aromatic heterocycles. The van der Waals surface area contributed by atoms with Crippen molar-refractivity contribution >= 4 is 17.5 Å². The van der Waals surface area contributed by atoms with E-state index < -0.39 is 11.9 Å².